The van der Waals surface area contributed by atoms with Crippen LogP contribution in [0.4, 0.5) is 5.13 Å². The van der Waals surface area contributed by atoms with Crippen LogP contribution in [0, 0.1) is 0 Å². The first-order valence-corrected chi connectivity index (χ1v) is 9.28. The van der Waals surface area contributed by atoms with Gasteiger partial charge in [0.1, 0.15) is 5.75 Å². The van der Waals surface area contributed by atoms with E-state index in [2.05, 4.69) is 25.9 Å². The number of aliphatic imine (C=N–C) groups is 1. The van der Waals surface area contributed by atoms with Crippen molar-refractivity contribution in [3.8, 4) is 17.0 Å². The molecule has 0 saturated carbocycles. The van der Waals surface area contributed by atoms with Crippen LogP contribution in [-0.2, 0) is 0 Å². The van der Waals surface area contributed by atoms with E-state index in [0.29, 0.717) is 26.5 Å². The maximum atomic E-state index is 6.13. The molecule has 0 N–H and O–H groups in total. The molecule has 3 aromatic rings. The summed E-state index contributed by atoms with van der Waals surface area (Å²) < 4.78 is 6.33. The summed E-state index contributed by atoms with van der Waals surface area (Å²) >= 11 is 17.1. The van der Waals surface area contributed by atoms with Crippen molar-refractivity contribution < 1.29 is 4.74 Å². The third kappa shape index (κ3) is 3.98. The van der Waals surface area contributed by atoms with Gasteiger partial charge in [0.05, 0.1) is 17.8 Å². The zero-order valence-corrected chi connectivity index (χ0v) is 16.4. The maximum absolute atomic E-state index is 6.13. The summed E-state index contributed by atoms with van der Waals surface area (Å²) in [4.78, 5) is 8.93. The van der Waals surface area contributed by atoms with E-state index >= 15 is 0 Å². The van der Waals surface area contributed by atoms with Crippen molar-refractivity contribution >= 4 is 61.8 Å². The lowest BCUT2D eigenvalue weighted by atomic mass is 10.2. The Balaban J connectivity index is 1.87. The molecule has 0 aliphatic rings. The van der Waals surface area contributed by atoms with Gasteiger partial charge in [0, 0.05) is 32.2 Å². The van der Waals surface area contributed by atoms with Crippen LogP contribution in [0.2, 0.25) is 10.0 Å². The zero-order chi connectivity index (χ0) is 17.1. The number of benzene rings is 2. The maximum Gasteiger partial charge on any atom is 0.209 e. The minimum Gasteiger partial charge on any atom is -0.495 e. The van der Waals surface area contributed by atoms with Gasteiger partial charge >= 0.3 is 0 Å². The van der Waals surface area contributed by atoms with E-state index < -0.39 is 0 Å². The molecule has 0 radical (unpaired) electrons. The number of rotatable bonds is 4. The largest absolute Gasteiger partial charge is 0.495 e. The minimum atomic E-state index is 0.446. The molecule has 24 heavy (non-hydrogen) atoms. The first-order chi connectivity index (χ1) is 11.6. The molecule has 0 unspecified atom stereocenters. The number of methoxy groups -OCH3 is 1. The number of halogens is 3. The number of ether oxygens (including phenoxy) is 1. The molecule has 1 aromatic heterocycles. The van der Waals surface area contributed by atoms with Gasteiger partial charge in [-0.15, -0.1) is 11.3 Å². The highest BCUT2D eigenvalue weighted by Crippen LogP contribution is 2.32. The molecule has 0 amide bonds. The van der Waals surface area contributed by atoms with E-state index in [1.165, 1.54) is 11.3 Å². The van der Waals surface area contributed by atoms with Crippen molar-refractivity contribution in [2.75, 3.05) is 7.11 Å². The summed E-state index contributed by atoms with van der Waals surface area (Å²) in [6.07, 6.45) is 1.65. The lowest BCUT2D eigenvalue weighted by Crippen LogP contribution is -1.92. The van der Waals surface area contributed by atoms with Crippen LogP contribution < -0.4 is 4.74 Å². The van der Waals surface area contributed by atoms with Crippen molar-refractivity contribution in [1.29, 1.82) is 0 Å². The summed E-state index contributed by atoms with van der Waals surface area (Å²) in [6.45, 7) is 0. The highest BCUT2D eigenvalue weighted by molar-refractivity contribution is 9.10. The SMILES string of the molecule is COc1c(Cl)cc(Cl)cc1/C=N/c1nc(-c2ccc(Br)cc2)cs1. The van der Waals surface area contributed by atoms with Crippen molar-refractivity contribution in [2.45, 2.75) is 0 Å². The second-order valence-electron chi connectivity index (χ2n) is 4.79. The third-order valence-corrected chi connectivity index (χ3v) is 4.96. The molecule has 0 aliphatic heterocycles. The van der Waals surface area contributed by atoms with Gasteiger partial charge in [-0.25, -0.2) is 9.98 Å². The lowest BCUT2D eigenvalue weighted by molar-refractivity contribution is 0.414. The summed E-state index contributed by atoms with van der Waals surface area (Å²) in [6, 6.07) is 11.4. The number of nitrogens with zero attached hydrogens (tertiary/aromatic N) is 2. The van der Waals surface area contributed by atoms with Crippen LogP contribution in [-0.4, -0.2) is 18.3 Å². The van der Waals surface area contributed by atoms with Crippen LogP contribution in [0.3, 0.4) is 0 Å². The lowest BCUT2D eigenvalue weighted by Gasteiger charge is -2.06. The Labute approximate surface area is 162 Å². The van der Waals surface area contributed by atoms with Crippen LogP contribution >= 0.6 is 50.5 Å². The van der Waals surface area contributed by atoms with E-state index in [1.807, 2.05) is 29.6 Å². The molecule has 2 aromatic carbocycles. The van der Waals surface area contributed by atoms with Gasteiger partial charge in [0.2, 0.25) is 5.13 Å². The van der Waals surface area contributed by atoms with Crippen molar-refractivity contribution in [3.63, 3.8) is 0 Å². The van der Waals surface area contributed by atoms with E-state index in [1.54, 1.807) is 25.5 Å². The highest BCUT2D eigenvalue weighted by atomic mass is 79.9. The van der Waals surface area contributed by atoms with Gasteiger partial charge in [-0.1, -0.05) is 51.3 Å². The van der Waals surface area contributed by atoms with E-state index in [9.17, 15) is 0 Å². The fraction of sp³-hybridized carbons (Fsp3) is 0.0588. The Morgan fingerprint density at radius 1 is 1.21 bits per heavy atom. The Morgan fingerprint density at radius 2 is 1.96 bits per heavy atom. The standard InChI is InChI=1S/C17H11BrCl2N2OS/c1-23-16-11(6-13(19)7-14(16)20)8-21-17-22-15(9-24-17)10-2-4-12(18)5-3-10/h2-9H,1H3/b21-8+. The Kier molecular flexibility index (Phi) is 5.56. The Morgan fingerprint density at radius 3 is 2.67 bits per heavy atom. The van der Waals surface area contributed by atoms with Gasteiger partial charge < -0.3 is 4.74 Å². The molecule has 0 atom stereocenters. The van der Waals surface area contributed by atoms with Gasteiger partial charge in [-0.2, -0.15) is 0 Å². The molecule has 122 valence electrons. The second kappa shape index (κ2) is 7.66. The molecule has 3 nitrogen and oxygen atoms in total. The Bertz CT molecular complexity index is 894. The van der Waals surface area contributed by atoms with Gasteiger partial charge in [0.25, 0.3) is 0 Å². The Hall–Kier alpha value is -1.40. The van der Waals surface area contributed by atoms with Crippen molar-refractivity contribution in [2.24, 2.45) is 4.99 Å². The topological polar surface area (TPSA) is 34.5 Å². The predicted molar refractivity (Wildman–Crippen MR) is 106 cm³/mol. The van der Waals surface area contributed by atoms with Crippen LogP contribution in [0.25, 0.3) is 11.3 Å². The first-order valence-electron chi connectivity index (χ1n) is 6.85. The van der Waals surface area contributed by atoms with Crippen molar-refractivity contribution in [1.82, 2.24) is 4.98 Å². The van der Waals surface area contributed by atoms with Crippen molar-refractivity contribution in [3.05, 3.63) is 61.9 Å². The molecular formula is C17H11BrCl2N2OS. The predicted octanol–water partition coefficient (Wildman–Crippen LogP) is 6.64. The number of hydrogen-bond acceptors (Lipinski definition) is 4. The monoisotopic (exact) mass is 440 g/mol. The van der Waals surface area contributed by atoms with Gasteiger partial charge in [0.15, 0.2) is 0 Å². The average Bonchev–Trinajstić information content (AvgIpc) is 3.02. The first kappa shape index (κ1) is 17.4. The summed E-state index contributed by atoms with van der Waals surface area (Å²) in [5.74, 6) is 0.537. The smallest absolute Gasteiger partial charge is 0.209 e. The summed E-state index contributed by atoms with van der Waals surface area (Å²) in [5.41, 5.74) is 2.63. The molecule has 1 heterocycles. The molecule has 7 heteroatoms. The molecular weight excluding hydrogens is 431 g/mol. The quantitative estimate of drug-likeness (QED) is 0.425. The molecule has 0 aliphatic carbocycles. The number of aromatic nitrogens is 1. The van der Waals surface area contributed by atoms with E-state index in [0.717, 1.165) is 15.7 Å². The van der Waals surface area contributed by atoms with Gasteiger partial charge in [-0.05, 0) is 24.3 Å². The normalized spacial score (nSPS) is 11.2. The number of hydrogen-bond donors (Lipinski definition) is 0. The summed E-state index contributed by atoms with van der Waals surface area (Å²) in [5, 5.41) is 3.59. The zero-order valence-electron chi connectivity index (χ0n) is 12.5. The van der Waals surface area contributed by atoms with Crippen LogP contribution in [0.5, 0.6) is 5.75 Å². The molecule has 0 bridgehead atoms. The van der Waals surface area contributed by atoms with E-state index in [4.69, 9.17) is 27.9 Å². The van der Waals surface area contributed by atoms with Gasteiger partial charge in [-0.3, -0.25) is 0 Å². The molecule has 3 rings (SSSR count). The third-order valence-electron chi connectivity index (χ3n) is 3.19. The molecule has 0 saturated heterocycles. The molecule has 0 spiro atoms. The average molecular weight is 442 g/mol. The second-order valence-corrected chi connectivity index (χ2v) is 7.39. The minimum absolute atomic E-state index is 0.446. The highest BCUT2D eigenvalue weighted by Gasteiger charge is 2.09. The van der Waals surface area contributed by atoms with Crippen LogP contribution in [0.15, 0.2) is 51.2 Å². The van der Waals surface area contributed by atoms with Crippen LogP contribution in [0.1, 0.15) is 5.56 Å². The summed E-state index contributed by atoms with van der Waals surface area (Å²) in [7, 11) is 1.56. The molecule has 0 fully saturated rings. The number of thiazole rings is 1. The fourth-order valence-corrected chi connectivity index (χ4v) is 3.61. The van der Waals surface area contributed by atoms with E-state index in [-0.39, 0.29) is 0 Å². The fourth-order valence-electron chi connectivity index (χ4n) is 2.09.